The van der Waals surface area contributed by atoms with E-state index in [1.54, 1.807) is 66.2 Å². The molecule has 0 saturated heterocycles. The Labute approximate surface area is 220 Å². The van der Waals surface area contributed by atoms with Crippen molar-refractivity contribution in [3.05, 3.63) is 65.6 Å². The molecule has 0 atom stereocenters. The molecule has 198 valence electrons. The molecule has 2 aromatic heterocycles. The van der Waals surface area contributed by atoms with Crippen molar-refractivity contribution in [1.29, 1.82) is 0 Å². The summed E-state index contributed by atoms with van der Waals surface area (Å²) in [6.07, 6.45) is 6.43. The van der Waals surface area contributed by atoms with Gasteiger partial charge in [0, 0.05) is 37.7 Å². The normalized spacial score (nSPS) is 12.9. The van der Waals surface area contributed by atoms with Gasteiger partial charge in [-0.2, -0.15) is 5.10 Å². The van der Waals surface area contributed by atoms with Crippen LogP contribution in [0, 0.1) is 6.92 Å². The molecule has 11 heteroatoms. The van der Waals surface area contributed by atoms with Crippen LogP contribution < -0.4 is 20.3 Å². The number of urea groups is 1. The number of fused-ring (bicyclic) bond motifs is 1. The number of benzene rings is 1. The summed E-state index contributed by atoms with van der Waals surface area (Å²) in [5.41, 5.74) is 2.84. The van der Waals surface area contributed by atoms with Crippen molar-refractivity contribution in [2.24, 2.45) is 7.05 Å². The molecule has 0 fully saturated rings. The first kappa shape index (κ1) is 26.4. The maximum absolute atomic E-state index is 13.3. The molecule has 1 aliphatic heterocycles. The van der Waals surface area contributed by atoms with Gasteiger partial charge in [0.25, 0.3) is 5.91 Å². The predicted molar refractivity (Wildman–Crippen MR) is 143 cm³/mol. The Morgan fingerprint density at radius 1 is 1.21 bits per heavy atom. The van der Waals surface area contributed by atoms with Crippen LogP contribution in [-0.4, -0.2) is 51.9 Å². The molecule has 38 heavy (non-hydrogen) atoms. The topological polar surface area (TPSA) is 128 Å². The van der Waals surface area contributed by atoms with Crippen LogP contribution in [0.3, 0.4) is 0 Å². The minimum atomic E-state index is -0.704. The molecule has 0 radical (unpaired) electrons. The molecule has 3 amide bonds. The molecule has 11 nitrogen and oxygen atoms in total. The van der Waals surface area contributed by atoms with E-state index in [0.29, 0.717) is 46.0 Å². The van der Waals surface area contributed by atoms with Crippen LogP contribution >= 0.6 is 0 Å². The highest BCUT2D eigenvalue weighted by molar-refractivity contribution is 6.14. The Hall–Kier alpha value is -4.67. The summed E-state index contributed by atoms with van der Waals surface area (Å²) in [4.78, 5) is 44.4. The average Bonchev–Trinajstić information content (AvgIpc) is 3.16. The lowest BCUT2D eigenvalue weighted by atomic mass is 10.1. The van der Waals surface area contributed by atoms with Crippen LogP contribution in [0.5, 0.6) is 5.75 Å². The highest BCUT2D eigenvalue weighted by atomic mass is 16.5. The van der Waals surface area contributed by atoms with E-state index < -0.39 is 17.9 Å². The van der Waals surface area contributed by atoms with Crippen molar-refractivity contribution >= 4 is 40.3 Å². The largest absolute Gasteiger partial charge is 0.491 e. The van der Waals surface area contributed by atoms with Crippen LogP contribution in [0.15, 0.2) is 54.4 Å². The number of anilines is 2. The van der Waals surface area contributed by atoms with Gasteiger partial charge in [-0.05, 0) is 45.9 Å². The fourth-order valence-corrected chi connectivity index (χ4v) is 4.14. The maximum atomic E-state index is 13.3. The Morgan fingerprint density at radius 2 is 2.00 bits per heavy atom. The zero-order valence-corrected chi connectivity index (χ0v) is 21.9. The zero-order chi connectivity index (χ0) is 27.4. The minimum Gasteiger partial charge on any atom is -0.491 e. The summed E-state index contributed by atoms with van der Waals surface area (Å²) < 4.78 is 12.4. The van der Waals surface area contributed by atoms with Gasteiger partial charge in [-0.15, -0.1) is 0 Å². The first-order valence-electron chi connectivity index (χ1n) is 12.2. The van der Waals surface area contributed by atoms with E-state index in [1.165, 1.54) is 6.20 Å². The van der Waals surface area contributed by atoms with Gasteiger partial charge in [-0.1, -0.05) is 12.1 Å². The van der Waals surface area contributed by atoms with Gasteiger partial charge in [0.1, 0.15) is 5.75 Å². The van der Waals surface area contributed by atoms with Crippen molar-refractivity contribution in [2.45, 2.75) is 33.8 Å². The third-order valence-electron chi connectivity index (χ3n) is 5.68. The SMILES string of the molecule is CCOC(=O)C1=CCN(c2c(C(=O)NC(=O)Nc3cccc(OC(C)C)c3)cnc3c2c(C)nn3C)C=C1. The van der Waals surface area contributed by atoms with Crippen LogP contribution in [-0.2, 0) is 16.6 Å². The number of hydrogen-bond acceptors (Lipinski definition) is 8. The van der Waals surface area contributed by atoms with Gasteiger partial charge >= 0.3 is 12.0 Å². The molecule has 0 saturated carbocycles. The second-order valence-corrected chi connectivity index (χ2v) is 8.88. The number of ether oxygens (including phenoxy) is 2. The van der Waals surface area contributed by atoms with Crippen LogP contribution in [0.25, 0.3) is 11.0 Å². The van der Waals surface area contributed by atoms with Crippen LogP contribution in [0.2, 0.25) is 0 Å². The van der Waals surface area contributed by atoms with E-state index in [-0.39, 0.29) is 18.3 Å². The van der Waals surface area contributed by atoms with E-state index in [9.17, 15) is 14.4 Å². The maximum Gasteiger partial charge on any atom is 0.337 e. The molecule has 1 aromatic carbocycles. The van der Waals surface area contributed by atoms with Crippen molar-refractivity contribution < 1.29 is 23.9 Å². The van der Waals surface area contributed by atoms with E-state index in [0.717, 1.165) is 0 Å². The lowest BCUT2D eigenvalue weighted by Gasteiger charge is -2.25. The third kappa shape index (κ3) is 5.66. The second-order valence-electron chi connectivity index (χ2n) is 8.88. The standard InChI is InChI=1S/C27H30N6O5/c1-6-37-26(35)18-10-12-33(13-11-18)23-21(15-28-24-22(23)17(4)31-32(24)5)25(34)30-27(36)29-19-8-7-9-20(14-19)38-16(2)3/h7-12,14-16H,6,13H2,1-5H3,(H2,29,30,34,36). The summed E-state index contributed by atoms with van der Waals surface area (Å²) in [6, 6.07) is 6.20. The van der Waals surface area contributed by atoms with Crippen molar-refractivity contribution in [1.82, 2.24) is 20.1 Å². The molecule has 3 aromatic rings. The van der Waals surface area contributed by atoms with Gasteiger partial charge < -0.3 is 19.7 Å². The van der Waals surface area contributed by atoms with Gasteiger partial charge in [0.15, 0.2) is 5.65 Å². The van der Waals surface area contributed by atoms with E-state index in [2.05, 4.69) is 20.7 Å². The summed E-state index contributed by atoms with van der Waals surface area (Å²) in [7, 11) is 1.77. The highest BCUT2D eigenvalue weighted by Gasteiger charge is 2.25. The predicted octanol–water partition coefficient (Wildman–Crippen LogP) is 3.85. The van der Waals surface area contributed by atoms with Crippen molar-refractivity contribution in [3.8, 4) is 5.75 Å². The number of hydrogen-bond donors (Lipinski definition) is 2. The molecule has 2 N–H and O–H groups in total. The number of amides is 3. The molecule has 0 spiro atoms. The summed E-state index contributed by atoms with van der Waals surface area (Å²) in [6.45, 7) is 7.95. The Bertz CT molecular complexity index is 1460. The smallest absolute Gasteiger partial charge is 0.337 e. The monoisotopic (exact) mass is 518 g/mol. The number of carbonyl (C=O) groups excluding carboxylic acids is 3. The average molecular weight is 519 g/mol. The first-order chi connectivity index (χ1) is 18.2. The van der Waals surface area contributed by atoms with E-state index in [1.807, 2.05) is 20.8 Å². The number of nitrogens with zero attached hydrogens (tertiary/aromatic N) is 4. The quantitative estimate of drug-likeness (QED) is 0.452. The van der Waals surface area contributed by atoms with Gasteiger partial charge in [-0.25, -0.2) is 14.6 Å². The molecule has 4 rings (SSSR count). The Kier molecular flexibility index (Phi) is 7.75. The zero-order valence-electron chi connectivity index (χ0n) is 21.9. The summed E-state index contributed by atoms with van der Waals surface area (Å²) in [5.74, 6) is -0.461. The number of aromatic nitrogens is 3. The van der Waals surface area contributed by atoms with Crippen molar-refractivity contribution in [2.75, 3.05) is 23.4 Å². The fourth-order valence-electron chi connectivity index (χ4n) is 4.14. The van der Waals surface area contributed by atoms with Crippen LogP contribution in [0.4, 0.5) is 16.2 Å². The third-order valence-corrected chi connectivity index (χ3v) is 5.68. The number of imide groups is 1. The number of carbonyl (C=O) groups is 3. The van der Waals surface area contributed by atoms with E-state index >= 15 is 0 Å². The number of nitrogens with one attached hydrogen (secondary N) is 2. The number of rotatable bonds is 7. The molecule has 0 unspecified atom stereocenters. The highest BCUT2D eigenvalue weighted by Crippen LogP contribution is 2.33. The van der Waals surface area contributed by atoms with Gasteiger partial charge in [0.2, 0.25) is 0 Å². The number of aryl methyl sites for hydroxylation is 2. The molecular formula is C27H30N6O5. The lowest BCUT2D eigenvalue weighted by Crippen LogP contribution is -2.35. The summed E-state index contributed by atoms with van der Waals surface area (Å²) in [5, 5.41) is 10.2. The Morgan fingerprint density at radius 3 is 2.68 bits per heavy atom. The Balaban J connectivity index is 1.61. The fraction of sp³-hybridized carbons (Fsp3) is 0.296. The second kappa shape index (κ2) is 11.2. The van der Waals surface area contributed by atoms with E-state index in [4.69, 9.17) is 9.47 Å². The molecule has 3 heterocycles. The molecule has 1 aliphatic rings. The number of pyridine rings is 1. The van der Waals surface area contributed by atoms with Gasteiger partial charge in [0.05, 0.1) is 40.6 Å². The lowest BCUT2D eigenvalue weighted by molar-refractivity contribution is -0.138. The first-order valence-corrected chi connectivity index (χ1v) is 12.2. The van der Waals surface area contributed by atoms with Crippen LogP contribution in [0.1, 0.15) is 36.8 Å². The molecule has 0 bridgehead atoms. The van der Waals surface area contributed by atoms with Crippen molar-refractivity contribution in [3.63, 3.8) is 0 Å². The minimum absolute atomic E-state index is 0.0236. The van der Waals surface area contributed by atoms with Gasteiger partial charge in [-0.3, -0.25) is 14.8 Å². The molecular weight excluding hydrogens is 488 g/mol. The number of esters is 1. The molecule has 0 aliphatic carbocycles. The summed E-state index contributed by atoms with van der Waals surface area (Å²) >= 11 is 0.